The Balaban J connectivity index is 1.57. The first-order valence-electron chi connectivity index (χ1n) is 10.6. The first kappa shape index (κ1) is 19.9. The summed E-state index contributed by atoms with van der Waals surface area (Å²) in [5, 5.41) is 4.83. The molecule has 1 fully saturated rings. The molecule has 0 unspecified atom stereocenters. The van der Waals surface area contributed by atoms with Crippen LogP contribution in [0.5, 0.6) is 5.75 Å². The maximum atomic E-state index is 5.95. The molecule has 4 heteroatoms. The van der Waals surface area contributed by atoms with E-state index in [1.807, 2.05) is 0 Å². The van der Waals surface area contributed by atoms with Crippen LogP contribution in [-0.4, -0.2) is 40.9 Å². The third-order valence-electron chi connectivity index (χ3n) is 5.36. The first-order chi connectivity index (χ1) is 13.0. The van der Waals surface area contributed by atoms with Gasteiger partial charge in [-0.3, -0.25) is 0 Å². The third-order valence-corrected chi connectivity index (χ3v) is 5.36. The predicted octanol–water partition coefficient (Wildman–Crippen LogP) is 5.37. The van der Waals surface area contributed by atoms with Gasteiger partial charge in [-0.1, -0.05) is 34.1 Å². The van der Waals surface area contributed by atoms with Crippen LogP contribution in [0.1, 0.15) is 76.6 Å². The lowest BCUT2D eigenvalue weighted by molar-refractivity contribution is 0.205. The Morgan fingerprint density at radius 1 is 0.963 bits per heavy atom. The Kier molecular flexibility index (Phi) is 6.95. The monoisotopic (exact) mass is 369 g/mol. The van der Waals surface area contributed by atoms with E-state index in [0.29, 0.717) is 11.8 Å². The first-order valence-corrected chi connectivity index (χ1v) is 10.6. The molecule has 27 heavy (non-hydrogen) atoms. The lowest BCUT2D eigenvalue weighted by Gasteiger charge is -2.26. The lowest BCUT2D eigenvalue weighted by atomic mass is 10.1. The highest BCUT2D eigenvalue weighted by Crippen LogP contribution is 2.25. The van der Waals surface area contributed by atoms with Crippen LogP contribution in [0.3, 0.4) is 0 Å². The molecule has 1 aliphatic rings. The van der Waals surface area contributed by atoms with Gasteiger partial charge in [0.15, 0.2) is 0 Å². The zero-order valence-corrected chi connectivity index (χ0v) is 17.4. The predicted molar refractivity (Wildman–Crippen MR) is 112 cm³/mol. The smallest absolute Gasteiger partial charge is 0.119 e. The second-order valence-corrected chi connectivity index (χ2v) is 8.31. The van der Waals surface area contributed by atoms with E-state index in [4.69, 9.17) is 9.84 Å². The SMILES string of the molecule is CC(C)c1cc(C(C)C)n(-c2ccc(OCCCN3CCCCC3)cc2)n1. The third kappa shape index (κ3) is 5.35. The van der Waals surface area contributed by atoms with E-state index in [0.717, 1.165) is 36.7 Å². The fourth-order valence-corrected chi connectivity index (χ4v) is 3.66. The highest BCUT2D eigenvalue weighted by atomic mass is 16.5. The van der Waals surface area contributed by atoms with Gasteiger partial charge in [-0.05, 0) is 74.5 Å². The number of hydrogen-bond acceptors (Lipinski definition) is 3. The molecule has 148 valence electrons. The van der Waals surface area contributed by atoms with Crippen molar-refractivity contribution < 1.29 is 4.74 Å². The van der Waals surface area contributed by atoms with Crippen LogP contribution in [-0.2, 0) is 0 Å². The van der Waals surface area contributed by atoms with Gasteiger partial charge in [0.1, 0.15) is 5.75 Å². The quantitative estimate of drug-likeness (QED) is 0.586. The largest absolute Gasteiger partial charge is 0.494 e. The van der Waals surface area contributed by atoms with Crippen LogP contribution in [0.25, 0.3) is 5.69 Å². The molecule has 0 atom stereocenters. The number of nitrogens with zero attached hydrogens (tertiary/aromatic N) is 3. The minimum atomic E-state index is 0.436. The summed E-state index contributed by atoms with van der Waals surface area (Å²) in [7, 11) is 0. The second-order valence-electron chi connectivity index (χ2n) is 8.31. The van der Waals surface area contributed by atoms with Crippen molar-refractivity contribution in [3.8, 4) is 11.4 Å². The zero-order chi connectivity index (χ0) is 19.2. The number of likely N-dealkylation sites (tertiary alicyclic amines) is 1. The normalized spacial score (nSPS) is 15.6. The molecule has 0 amide bonds. The molecule has 0 spiro atoms. The van der Waals surface area contributed by atoms with Crippen molar-refractivity contribution in [2.45, 2.75) is 65.2 Å². The molecule has 2 aromatic rings. The zero-order valence-electron chi connectivity index (χ0n) is 17.4. The van der Waals surface area contributed by atoms with Crippen molar-refractivity contribution in [3.63, 3.8) is 0 Å². The van der Waals surface area contributed by atoms with Crippen LogP contribution < -0.4 is 4.74 Å². The van der Waals surface area contributed by atoms with E-state index in [-0.39, 0.29) is 0 Å². The van der Waals surface area contributed by atoms with Gasteiger partial charge in [-0.15, -0.1) is 0 Å². The number of ether oxygens (including phenoxy) is 1. The van der Waals surface area contributed by atoms with Gasteiger partial charge >= 0.3 is 0 Å². The number of hydrogen-bond donors (Lipinski definition) is 0. The highest BCUT2D eigenvalue weighted by Gasteiger charge is 2.14. The molecular weight excluding hydrogens is 334 g/mol. The van der Waals surface area contributed by atoms with Gasteiger partial charge in [0.05, 0.1) is 18.0 Å². The van der Waals surface area contributed by atoms with E-state index < -0.39 is 0 Å². The molecule has 0 aliphatic carbocycles. The summed E-state index contributed by atoms with van der Waals surface area (Å²) in [5.74, 6) is 1.82. The Labute approximate surface area is 164 Å². The minimum absolute atomic E-state index is 0.436. The summed E-state index contributed by atoms with van der Waals surface area (Å²) in [6, 6.07) is 10.6. The van der Waals surface area contributed by atoms with Gasteiger partial charge in [-0.25, -0.2) is 4.68 Å². The van der Waals surface area contributed by atoms with Gasteiger partial charge in [0.2, 0.25) is 0 Å². The molecule has 2 heterocycles. The number of piperidine rings is 1. The van der Waals surface area contributed by atoms with Crippen molar-refractivity contribution >= 4 is 0 Å². The Bertz CT molecular complexity index is 697. The summed E-state index contributed by atoms with van der Waals surface area (Å²) >= 11 is 0. The number of aromatic nitrogens is 2. The Morgan fingerprint density at radius 3 is 2.30 bits per heavy atom. The molecular formula is C23H35N3O. The molecule has 3 rings (SSSR count). The molecule has 4 nitrogen and oxygen atoms in total. The lowest BCUT2D eigenvalue weighted by Crippen LogP contribution is -2.31. The van der Waals surface area contributed by atoms with Crippen LogP contribution in [0.15, 0.2) is 30.3 Å². The second kappa shape index (κ2) is 9.41. The molecule has 0 radical (unpaired) electrons. The van der Waals surface area contributed by atoms with Gasteiger partial charge in [0, 0.05) is 12.2 Å². The van der Waals surface area contributed by atoms with E-state index >= 15 is 0 Å². The number of benzene rings is 1. The van der Waals surface area contributed by atoms with Gasteiger partial charge in [0.25, 0.3) is 0 Å². The van der Waals surface area contributed by atoms with Gasteiger partial charge < -0.3 is 9.64 Å². The standard InChI is InChI=1S/C23H35N3O/c1-18(2)22-17-23(19(3)4)26(24-22)20-9-11-21(12-10-20)27-16-8-15-25-13-6-5-7-14-25/h9-12,17-19H,5-8,13-16H2,1-4H3. The maximum Gasteiger partial charge on any atom is 0.119 e. The van der Waals surface area contributed by atoms with Crippen molar-refractivity contribution in [2.24, 2.45) is 0 Å². The Morgan fingerprint density at radius 2 is 1.67 bits per heavy atom. The van der Waals surface area contributed by atoms with Crippen molar-refractivity contribution in [1.29, 1.82) is 0 Å². The van der Waals surface area contributed by atoms with Crippen molar-refractivity contribution in [1.82, 2.24) is 14.7 Å². The van der Waals surface area contributed by atoms with Crippen LogP contribution >= 0.6 is 0 Å². The van der Waals surface area contributed by atoms with Crippen LogP contribution in [0.4, 0.5) is 0 Å². The van der Waals surface area contributed by atoms with E-state index in [1.54, 1.807) is 0 Å². The number of rotatable bonds is 8. The maximum absolute atomic E-state index is 5.95. The molecule has 1 aliphatic heterocycles. The average molecular weight is 370 g/mol. The van der Waals surface area contributed by atoms with Crippen molar-refractivity contribution in [3.05, 3.63) is 41.7 Å². The van der Waals surface area contributed by atoms with Crippen molar-refractivity contribution in [2.75, 3.05) is 26.2 Å². The molecule has 0 N–H and O–H groups in total. The molecule has 1 saturated heterocycles. The summed E-state index contributed by atoms with van der Waals surface area (Å²) in [6.07, 6.45) is 5.20. The van der Waals surface area contributed by atoms with E-state index in [2.05, 4.69) is 67.6 Å². The average Bonchev–Trinajstić information content (AvgIpc) is 3.13. The fraction of sp³-hybridized carbons (Fsp3) is 0.609. The molecule has 1 aromatic carbocycles. The highest BCUT2D eigenvalue weighted by molar-refractivity contribution is 5.39. The van der Waals surface area contributed by atoms with Crippen LogP contribution in [0, 0.1) is 0 Å². The molecule has 1 aromatic heterocycles. The summed E-state index contributed by atoms with van der Waals surface area (Å²) < 4.78 is 8.04. The van der Waals surface area contributed by atoms with Gasteiger partial charge in [-0.2, -0.15) is 5.10 Å². The molecule has 0 saturated carbocycles. The van der Waals surface area contributed by atoms with E-state index in [1.165, 1.54) is 38.0 Å². The topological polar surface area (TPSA) is 30.3 Å². The Hall–Kier alpha value is -1.81. The minimum Gasteiger partial charge on any atom is -0.494 e. The van der Waals surface area contributed by atoms with Crippen LogP contribution in [0.2, 0.25) is 0 Å². The molecule has 0 bridgehead atoms. The fourth-order valence-electron chi connectivity index (χ4n) is 3.66. The summed E-state index contributed by atoms with van der Waals surface area (Å²) in [4.78, 5) is 2.56. The summed E-state index contributed by atoms with van der Waals surface area (Å²) in [5.41, 5.74) is 3.51. The summed E-state index contributed by atoms with van der Waals surface area (Å²) in [6.45, 7) is 13.3. The van der Waals surface area contributed by atoms with E-state index in [9.17, 15) is 0 Å².